The van der Waals surface area contributed by atoms with Crippen molar-refractivity contribution in [1.29, 1.82) is 0 Å². The number of nitrogens with zero attached hydrogens (tertiary/aromatic N) is 1. The molecule has 2 rings (SSSR count). The van der Waals surface area contributed by atoms with Crippen molar-refractivity contribution in [3.8, 4) is 11.8 Å². The van der Waals surface area contributed by atoms with Gasteiger partial charge in [0.25, 0.3) is 5.69 Å². The molecule has 94 valence electrons. The minimum absolute atomic E-state index is 0.107. The van der Waals surface area contributed by atoms with Gasteiger partial charge < -0.3 is 0 Å². The van der Waals surface area contributed by atoms with Gasteiger partial charge in [-0.25, -0.2) is 0 Å². The molecule has 2 aromatic carbocycles. The molecule has 0 aromatic heterocycles. The van der Waals surface area contributed by atoms with Crippen LogP contribution in [0.1, 0.15) is 16.7 Å². The summed E-state index contributed by atoms with van der Waals surface area (Å²) in [6, 6.07) is 14.5. The molecule has 0 atom stereocenters. The van der Waals surface area contributed by atoms with Crippen LogP contribution >= 0.6 is 0 Å². The Hall–Kier alpha value is -2.60. The molecule has 0 spiro atoms. The lowest BCUT2D eigenvalue weighted by atomic mass is 10.1. The lowest BCUT2D eigenvalue weighted by Gasteiger charge is -1.95. The fourth-order valence-electron chi connectivity index (χ4n) is 1.62. The topological polar surface area (TPSA) is 43.1 Å². The van der Waals surface area contributed by atoms with E-state index in [2.05, 4.69) is 11.8 Å². The highest BCUT2D eigenvalue weighted by Crippen LogP contribution is 2.12. The number of aryl methyl sites for hydroxylation is 1. The summed E-state index contributed by atoms with van der Waals surface area (Å²) in [5.74, 6) is 6.14. The van der Waals surface area contributed by atoms with E-state index in [0.717, 1.165) is 11.1 Å². The standard InChI is InChI=1S/C16H13NO2/c1-13-5-7-14(8-6-13)3-2-4-15-9-11-16(12-10-15)17(18)19/h5-12H,4H2,1H3. The summed E-state index contributed by atoms with van der Waals surface area (Å²) in [7, 11) is 0. The minimum Gasteiger partial charge on any atom is -0.258 e. The van der Waals surface area contributed by atoms with Gasteiger partial charge in [-0.2, -0.15) is 0 Å². The van der Waals surface area contributed by atoms with Crippen molar-refractivity contribution in [2.75, 3.05) is 0 Å². The van der Waals surface area contributed by atoms with E-state index >= 15 is 0 Å². The zero-order valence-electron chi connectivity index (χ0n) is 10.6. The fourth-order valence-corrected chi connectivity index (χ4v) is 1.62. The molecule has 3 heteroatoms. The highest BCUT2D eigenvalue weighted by atomic mass is 16.6. The zero-order chi connectivity index (χ0) is 13.7. The minimum atomic E-state index is -0.401. The molecule has 0 heterocycles. The third-order valence-corrected chi connectivity index (χ3v) is 2.72. The second-order valence-electron chi connectivity index (χ2n) is 4.27. The SMILES string of the molecule is Cc1ccc(C#CCc2ccc([N+](=O)[O-])cc2)cc1. The average Bonchev–Trinajstić information content (AvgIpc) is 2.41. The van der Waals surface area contributed by atoms with Crippen LogP contribution in [0.15, 0.2) is 48.5 Å². The molecule has 0 saturated carbocycles. The van der Waals surface area contributed by atoms with E-state index in [1.165, 1.54) is 17.7 Å². The molecule has 19 heavy (non-hydrogen) atoms. The summed E-state index contributed by atoms with van der Waals surface area (Å²) in [5, 5.41) is 10.5. The van der Waals surface area contributed by atoms with Gasteiger partial charge in [0.15, 0.2) is 0 Å². The molecule has 0 radical (unpaired) electrons. The van der Waals surface area contributed by atoms with Crippen LogP contribution in [0.5, 0.6) is 0 Å². The maximum atomic E-state index is 10.5. The number of nitro groups is 1. The summed E-state index contributed by atoms with van der Waals surface area (Å²) < 4.78 is 0. The maximum Gasteiger partial charge on any atom is 0.269 e. The van der Waals surface area contributed by atoms with Gasteiger partial charge in [-0.3, -0.25) is 10.1 Å². The van der Waals surface area contributed by atoms with E-state index in [4.69, 9.17) is 0 Å². The molecule has 0 unspecified atom stereocenters. The number of nitro benzene ring substituents is 1. The highest BCUT2D eigenvalue weighted by molar-refractivity contribution is 5.38. The molecular formula is C16H13NO2. The summed E-state index contributed by atoms with van der Waals surface area (Å²) in [4.78, 5) is 10.1. The summed E-state index contributed by atoms with van der Waals surface area (Å²) in [5.41, 5.74) is 3.27. The molecule has 0 aliphatic carbocycles. The first kappa shape index (κ1) is 12.8. The molecule has 0 aliphatic rings. The van der Waals surface area contributed by atoms with Gasteiger partial charge in [0.2, 0.25) is 0 Å². The van der Waals surface area contributed by atoms with Crippen LogP contribution in [0.25, 0.3) is 0 Å². The number of hydrogen-bond acceptors (Lipinski definition) is 2. The highest BCUT2D eigenvalue weighted by Gasteiger charge is 2.02. The van der Waals surface area contributed by atoms with Crippen molar-refractivity contribution in [3.05, 3.63) is 75.3 Å². The molecule has 0 bridgehead atoms. The molecule has 3 nitrogen and oxygen atoms in total. The first-order valence-corrected chi connectivity index (χ1v) is 5.94. The van der Waals surface area contributed by atoms with Gasteiger partial charge in [0.05, 0.1) is 4.92 Å². The van der Waals surface area contributed by atoms with Gasteiger partial charge in [0, 0.05) is 24.1 Å². The third-order valence-electron chi connectivity index (χ3n) is 2.72. The average molecular weight is 251 g/mol. The van der Waals surface area contributed by atoms with Crippen molar-refractivity contribution in [3.63, 3.8) is 0 Å². The Labute approximate surface area is 112 Å². The Balaban J connectivity index is 2.03. The van der Waals surface area contributed by atoms with Gasteiger partial charge in [0.1, 0.15) is 0 Å². The number of non-ortho nitro benzene ring substituents is 1. The maximum absolute atomic E-state index is 10.5. The Morgan fingerprint density at radius 3 is 2.26 bits per heavy atom. The van der Waals surface area contributed by atoms with E-state index in [1.807, 2.05) is 31.2 Å². The number of rotatable bonds is 2. The van der Waals surface area contributed by atoms with Crippen LogP contribution in [0.3, 0.4) is 0 Å². The van der Waals surface area contributed by atoms with Crippen LogP contribution in [0, 0.1) is 28.9 Å². The van der Waals surface area contributed by atoms with E-state index < -0.39 is 4.92 Å². The summed E-state index contributed by atoms with van der Waals surface area (Å²) in [6.07, 6.45) is 0.589. The van der Waals surface area contributed by atoms with Crippen molar-refractivity contribution in [2.24, 2.45) is 0 Å². The second-order valence-corrected chi connectivity index (χ2v) is 4.27. The molecular weight excluding hydrogens is 238 g/mol. The van der Waals surface area contributed by atoms with E-state index in [0.29, 0.717) is 6.42 Å². The van der Waals surface area contributed by atoms with Gasteiger partial charge in [-0.05, 0) is 24.6 Å². The van der Waals surface area contributed by atoms with Gasteiger partial charge >= 0.3 is 0 Å². The van der Waals surface area contributed by atoms with Gasteiger partial charge in [-0.15, -0.1) is 0 Å². The second kappa shape index (κ2) is 5.83. The van der Waals surface area contributed by atoms with Crippen molar-refractivity contribution in [1.82, 2.24) is 0 Å². The molecule has 0 saturated heterocycles. The smallest absolute Gasteiger partial charge is 0.258 e. The zero-order valence-corrected chi connectivity index (χ0v) is 10.6. The van der Waals surface area contributed by atoms with Crippen molar-refractivity contribution >= 4 is 5.69 Å². The quantitative estimate of drug-likeness (QED) is 0.466. The van der Waals surface area contributed by atoms with Crippen LogP contribution in [-0.2, 0) is 6.42 Å². The lowest BCUT2D eigenvalue weighted by Crippen LogP contribution is -1.88. The van der Waals surface area contributed by atoms with Crippen LogP contribution in [0.4, 0.5) is 5.69 Å². The largest absolute Gasteiger partial charge is 0.269 e. The number of hydrogen-bond donors (Lipinski definition) is 0. The Morgan fingerprint density at radius 2 is 1.68 bits per heavy atom. The predicted octanol–water partition coefficient (Wildman–Crippen LogP) is 3.50. The van der Waals surface area contributed by atoms with E-state index in [1.54, 1.807) is 12.1 Å². The molecule has 0 fully saturated rings. The first-order valence-electron chi connectivity index (χ1n) is 5.94. The van der Waals surface area contributed by atoms with Crippen LogP contribution in [0.2, 0.25) is 0 Å². The fraction of sp³-hybridized carbons (Fsp3) is 0.125. The Bertz CT molecular complexity index is 631. The Kier molecular flexibility index (Phi) is 3.94. The molecule has 0 aliphatic heterocycles. The van der Waals surface area contributed by atoms with Crippen LogP contribution < -0.4 is 0 Å². The summed E-state index contributed by atoms with van der Waals surface area (Å²) in [6.45, 7) is 2.04. The summed E-state index contributed by atoms with van der Waals surface area (Å²) >= 11 is 0. The molecule has 2 aromatic rings. The Morgan fingerprint density at radius 1 is 1.05 bits per heavy atom. The third kappa shape index (κ3) is 3.68. The predicted molar refractivity (Wildman–Crippen MR) is 74.9 cm³/mol. The monoisotopic (exact) mass is 251 g/mol. The van der Waals surface area contributed by atoms with Gasteiger partial charge in [-0.1, -0.05) is 41.7 Å². The normalized spacial score (nSPS) is 9.53. The van der Waals surface area contributed by atoms with Crippen LogP contribution in [-0.4, -0.2) is 4.92 Å². The first-order chi connectivity index (χ1) is 9.15. The van der Waals surface area contributed by atoms with E-state index in [-0.39, 0.29) is 5.69 Å². The van der Waals surface area contributed by atoms with Crippen molar-refractivity contribution in [2.45, 2.75) is 13.3 Å². The van der Waals surface area contributed by atoms with Crippen molar-refractivity contribution < 1.29 is 4.92 Å². The lowest BCUT2D eigenvalue weighted by molar-refractivity contribution is -0.384. The number of benzene rings is 2. The molecule has 0 N–H and O–H groups in total. The van der Waals surface area contributed by atoms with E-state index in [9.17, 15) is 10.1 Å². The molecule has 0 amide bonds.